The summed E-state index contributed by atoms with van der Waals surface area (Å²) >= 11 is 3.07. The molecule has 5 nitrogen and oxygen atoms in total. The van der Waals surface area contributed by atoms with Crippen LogP contribution in [0.3, 0.4) is 0 Å². The summed E-state index contributed by atoms with van der Waals surface area (Å²) < 4.78 is 26.6. The van der Waals surface area contributed by atoms with E-state index in [-0.39, 0.29) is 6.42 Å². The lowest BCUT2D eigenvalue weighted by Gasteiger charge is -2.30. The van der Waals surface area contributed by atoms with E-state index in [2.05, 4.69) is 15.9 Å². The van der Waals surface area contributed by atoms with Gasteiger partial charge in [0, 0.05) is 11.8 Å². The van der Waals surface area contributed by atoms with Gasteiger partial charge in [0.1, 0.15) is 0 Å². The SMILES string of the molecule is O=C(O)N1CC(F)(F)CC1(CC=CCBr)C(=O)O. The molecule has 8 heteroatoms. The molecule has 1 rings (SSSR count). The van der Waals surface area contributed by atoms with Crippen LogP contribution in [0, 0.1) is 0 Å². The zero-order valence-corrected chi connectivity index (χ0v) is 10.9. The molecule has 0 spiro atoms. The summed E-state index contributed by atoms with van der Waals surface area (Å²) in [6, 6.07) is 0. The molecule has 1 fully saturated rings. The molecule has 0 radical (unpaired) electrons. The second-order valence-corrected chi connectivity index (χ2v) is 4.72. The molecule has 2 N–H and O–H groups in total. The molecule has 18 heavy (non-hydrogen) atoms. The molecule has 1 saturated heterocycles. The minimum Gasteiger partial charge on any atom is -0.479 e. The molecule has 1 atom stereocenters. The standard InChI is InChI=1S/C10H12BrF2NO4/c11-4-2-1-3-9(7(15)16)5-10(12,13)6-14(9)8(17)18/h1-2H,3-6H2,(H,15,16)(H,17,18). The molecule has 1 unspecified atom stereocenters. The summed E-state index contributed by atoms with van der Waals surface area (Å²) in [6.45, 7) is -1.09. The van der Waals surface area contributed by atoms with Crippen LogP contribution in [0.4, 0.5) is 13.6 Å². The maximum atomic E-state index is 13.3. The summed E-state index contributed by atoms with van der Waals surface area (Å²) in [5, 5.41) is 18.4. The number of alkyl halides is 3. The third-order valence-corrected chi connectivity index (χ3v) is 3.17. The van der Waals surface area contributed by atoms with Gasteiger partial charge in [0.05, 0.1) is 6.54 Å². The molecule has 0 aromatic heterocycles. The number of allylic oxidation sites excluding steroid dienone is 1. The molecule has 1 aliphatic heterocycles. The number of carbonyl (C=O) groups is 2. The lowest BCUT2D eigenvalue weighted by Crippen LogP contribution is -2.52. The largest absolute Gasteiger partial charge is 0.479 e. The predicted octanol–water partition coefficient (Wildman–Crippen LogP) is 2.17. The van der Waals surface area contributed by atoms with Crippen LogP contribution in [-0.2, 0) is 4.79 Å². The minimum absolute atomic E-state index is 0.282. The van der Waals surface area contributed by atoms with Crippen molar-refractivity contribution in [3.8, 4) is 0 Å². The maximum Gasteiger partial charge on any atom is 0.408 e. The average molecular weight is 328 g/mol. The number of nitrogens with zero attached hydrogens (tertiary/aromatic N) is 1. The van der Waals surface area contributed by atoms with Crippen LogP contribution >= 0.6 is 15.9 Å². The van der Waals surface area contributed by atoms with Gasteiger partial charge in [-0.25, -0.2) is 18.4 Å². The van der Waals surface area contributed by atoms with Gasteiger partial charge < -0.3 is 10.2 Å². The highest BCUT2D eigenvalue weighted by Gasteiger charge is 2.60. The van der Waals surface area contributed by atoms with Gasteiger partial charge in [0.2, 0.25) is 0 Å². The van der Waals surface area contributed by atoms with Gasteiger partial charge in [-0.1, -0.05) is 28.1 Å². The number of hydrogen-bond donors (Lipinski definition) is 2. The summed E-state index contributed by atoms with van der Waals surface area (Å²) in [4.78, 5) is 22.5. The Morgan fingerprint density at radius 2 is 1.94 bits per heavy atom. The number of aliphatic carboxylic acids is 1. The summed E-state index contributed by atoms with van der Waals surface area (Å²) in [7, 11) is 0. The Hall–Kier alpha value is -1.18. The van der Waals surface area contributed by atoms with E-state index < -0.39 is 36.5 Å². The predicted molar refractivity (Wildman–Crippen MR) is 62.2 cm³/mol. The quantitative estimate of drug-likeness (QED) is 0.612. The molecule has 0 aliphatic carbocycles. The Labute approximate surface area is 110 Å². The summed E-state index contributed by atoms with van der Waals surface area (Å²) in [5.74, 6) is -4.87. The number of halogens is 3. The van der Waals surface area contributed by atoms with Crippen LogP contribution in [-0.4, -0.2) is 50.5 Å². The lowest BCUT2D eigenvalue weighted by molar-refractivity contribution is -0.149. The molecule has 0 bridgehead atoms. The van der Waals surface area contributed by atoms with Crippen molar-refractivity contribution in [3.05, 3.63) is 12.2 Å². The number of carboxylic acid groups (broad SMARTS) is 2. The van der Waals surface area contributed by atoms with Crippen LogP contribution in [0.5, 0.6) is 0 Å². The summed E-state index contributed by atoms with van der Waals surface area (Å²) in [5.41, 5.74) is -2.09. The Bertz CT molecular complexity index is 388. The molecule has 1 aliphatic rings. The third-order valence-electron chi connectivity index (χ3n) is 2.80. The van der Waals surface area contributed by atoms with Crippen LogP contribution < -0.4 is 0 Å². The van der Waals surface area contributed by atoms with E-state index in [4.69, 9.17) is 10.2 Å². The molecule has 102 valence electrons. The highest BCUT2D eigenvalue weighted by atomic mass is 79.9. The topological polar surface area (TPSA) is 77.8 Å². The third kappa shape index (κ3) is 2.80. The fourth-order valence-electron chi connectivity index (χ4n) is 2.01. The molecule has 1 heterocycles. The smallest absolute Gasteiger partial charge is 0.408 e. The van der Waals surface area contributed by atoms with Crippen molar-refractivity contribution < 1.29 is 28.6 Å². The number of likely N-dealkylation sites (tertiary alicyclic amines) is 1. The fourth-order valence-corrected chi connectivity index (χ4v) is 2.28. The fraction of sp³-hybridized carbons (Fsp3) is 0.600. The van der Waals surface area contributed by atoms with Gasteiger partial charge in [-0.3, -0.25) is 4.90 Å². The van der Waals surface area contributed by atoms with Crippen molar-refractivity contribution in [1.82, 2.24) is 4.90 Å². The molecule has 0 aromatic rings. The number of hydrogen-bond acceptors (Lipinski definition) is 2. The first-order valence-corrected chi connectivity index (χ1v) is 6.20. The number of carboxylic acids is 1. The highest BCUT2D eigenvalue weighted by Crippen LogP contribution is 2.42. The first-order valence-electron chi connectivity index (χ1n) is 5.08. The average Bonchev–Trinajstić information content (AvgIpc) is 2.52. The van der Waals surface area contributed by atoms with Crippen LogP contribution in [0.1, 0.15) is 12.8 Å². The Morgan fingerprint density at radius 3 is 2.39 bits per heavy atom. The Balaban J connectivity index is 3.10. The van der Waals surface area contributed by atoms with Gasteiger partial charge in [-0.05, 0) is 6.42 Å². The first kappa shape index (κ1) is 14.9. The van der Waals surface area contributed by atoms with Crippen molar-refractivity contribution in [1.29, 1.82) is 0 Å². The lowest BCUT2D eigenvalue weighted by atomic mass is 9.91. The first-order chi connectivity index (χ1) is 8.25. The number of rotatable bonds is 4. The second-order valence-electron chi connectivity index (χ2n) is 4.07. The van der Waals surface area contributed by atoms with E-state index in [1.165, 1.54) is 6.08 Å². The summed E-state index contributed by atoms with van der Waals surface area (Å²) in [6.07, 6.45) is -0.00677. The minimum atomic E-state index is -3.32. The van der Waals surface area contributed by atoms with Gasteiger partial charge in [0.15, 0.2) is 5.54 Å². The van der Waals surface area contributed by atoms with E-state index in [0.29, 0.717) is 10.2 Å². The normalized spacial score (nSPS) is 26.7. The van der Waals surface area contributed by atoms with Crippen LogP contribution in [0.25, 0.3) is 0 Å². The van der Waals surface area contributed by atoms with Crippen molar-refractivity contribution in [2.24, 2.45) is 0 Å². The van der Waals surface area contributed by atoms with E-state index >= 15 is 0 Å². The van der Waals surface area contributed by atoms with Gasteiger partial charge in [-0.2, -0.15) is 0 Å². The Morgan fingerprint density at radius 1 is 1.33 bits per heavy atom. The van der Waals surface area contributed by atoms with Crippen molar-refractivity contribution in [2.45, 2.75) is 24.3 Å². The van der Waals surface area contributed by atoms with Crippen LogP contribution in [0.15, 0.2) is 12.2 Å². The monoisotopic (exact) mass is 327 g/mol. The van der Waals surface area contributed by atoms with Gasteiger partial charge >= 0.3 is 12.1 Å². The molecular formula is C10H12BrF2NO4. The maximum absolute atomic E-state index is 13.3. The Kier molecular flexibility index (Phi) is 4.31. The second kappa shape index (κ2) is 5.21. The molecule has 1 amide bonds. The number of amides is 1. The molecular weight excluding hydrogens is 316 g/mol. The molecule has 0 aromatic carbocycles. The van der Waals surface area contributed by atoms with E-state index in [1.54, 1.807) is 6.08 Å². The van der Waals surface area contributed by atoms with E-state index in [9.17, 15) is 18.4 Å². The van der Waals surface area contributed by atoms with Crippen molar-refractivity contribution in [2.75, 3.05) is 11.9 Å². The van der Waals surface area contributed by atoms with Gasteiger partial charge in [0.25, 0.3) is 5.92 Å². The highest BCUT2D eigenvalue weighted by molar-refractivity contribution is 9.09. The van der Waals surface area contributed by atoms with Crippen LogP contribution in [0.2, 0.25) is 0 Å². The van der Waals surface area contributed by atoms with Crippen molar-refractivity contribution >= 4 is 28.0 Å². The van der Waals surface area contributed by atoms with Gasteiger partial charge in [-0.15, -0.1) is 0 Å². The zero-order chi connectivity index (χ0) is 14.0. The van der Waals surface area contributed by atoms with Crippen molar-refractivity contribution in [3.63, 3.8) is 0 Å². The zero-order valence-electron chi connectivity index (χ0n) is 9.28. The molecule has 0 saturated carbocycles. The van der Waals surface area contributed by atoms with E-state index in [0.717, 1.165) is 0 Å². The van der Waals surface area contributed by atoms with E-state index in [1.807, 2.05) is 0 Å².